The Morgan fingerprint density at radius 3 is 2.74 bits per heavy atom. The Bertz CT molecular complexity index is 651. The molecule has 1 amide bonds. The number of carbonyl (C=O) groups excluding carboxylic acids is 1. The van der Waals surface area contributed by atoms with Gasteiger partial charge in [-0.2, -0.15) is 0 Å². The van der Waals surface area contributed by atoms with Crippen LogP contribution in [0.1, 0.15) is 29.7 Å². The van der Waals surface area contributed by atoms with E-state index in [4.69, 9.17) is 4.74 Å². The third kappa shape index (κ3) is 3.96. The third-order valence-corrected chi connectivity index (χ3v) is 4.22. The number of nitrogens with zero attached hydrogens (tertiary/aromatic N) is 2. The number of amides is 1. The van der Waals surface area contributed by atoms with Crippen LogP contribution in [0.3, 0.4) is 0 Å². The number of ether oxygens (including phenoxy) is 1. The van der Waals surface area contributed by atoms with E-state index in [0.717, 1.165) is 24.1 Å². The van der Waals surface area contributed by atoms with Crippen LogP contribution in [0.5, 0.6) is 0 Å². The Morgan fingerprint density at radius 1 is 1.22 bits per heavy atom. The zero-order valence-corrected chi connectivity index (χ0v) is 13.4. The number of pyridine rings is 1. The molecule has 2 heterocycles. The van der Waals surface area contributed by atoms with Crippen molar-refractivity contribution in [1.29, 1.82) is 0 Å². The van der Waals surface area contributed by atoms with E-state index >= 15 is 0 Å². The standard InChI is InChI=1S/C19H22N2O2/c1-15-7-2-3-8-16(15)13-21(14-17-9-4-5-11-20-17)19(22)18-10-6-12-23-18/h2-5,7-9,11,18H,6,10,12-14H2,1H3/t18-/m1/s1. The second-order valence-corrected chi connectivity index (χ2v) is 5.94. The van der Waals surface area contributed by atoms with Crippen molar-refractivity contribution >= 4 is 5.91 Å². The lowest BCUT2D eigenvalue weighted by Crippen LogP contribution is -2.38. The van der Waals surface area contributed by atoms with Gasteiger partial charge in [-0.15, -0.1) is 0 Å². The van der Waals surface area contributed by atoms with Gasteiger partial charge < -0.3 is 9.64 Å². The van der Waals surface area contributed by atoms with Crippen LogP contribution in [0, 0.1) is 6.92 Å². The second-order valence-electron chi connectivity index (χ2n) is 5.94. The van der Waals surface area contributed by atoms with E-state index in [2.05, 4.69) is 24.0 Å². The van der Waals surface area contributed by atoms with Crippen LogP contribution in [-0.4, -0.2) is 28.5 Å². The van der Waals surface area contributed by atoms with E-state index < -0.39 is 0 Å². The molecule has 23 heavy (non-hydrogen) atoms. The van der Waals surface area contributed by atoms with Gasteiger partial charge in [0.1, 0.15) is 6.10 Å². The highest BCUT2D eigenvalue weighted by atomic mass is 16.5. The molecule has 1 aromatic carbocycles. The summed E-state index contributed by atoms with van der Waals surface area (Å²) >= 11 is 0. The normalized spacial score (nSPS) is 17.2. The molecule has 1 aliphatic rings. The summed E-state index contributed by atoms with van der Waals surface area (Å²) in [6.07, 6.45) is 3.23. The fourth-order valence-electron chi connectivity index (χ4n) is 2.87. The van der Waals surface area contributed by atoms with Crippen LogP contribution in [-0.2, 0) is 22.6 Å². The average Bonchev–Trinajstić information content (AvgIpc) is 3.11. The summed E-state index contributed by atoms with van der Waals surface area (Å²) < 4.78 is 5.59. The minimum atomic E-state index is -0.303. The van der Waals surface area contributed by atoms with Crippen molar-refractivity contribution in [1.82, 2.24) is 9.88 Å². The summed E-state index contributed by atoms with van der Waals surface area (Å²) in [5.74, 6) is 0.0661. The Labute approximate surface area is 137 Å². The van der Waals surface area contributed by atoms with Crippen molar-refractivity contribution in [3.8, 4) is 0 Å². The topological polar surface area (TPSA) is 42.4 Å². The maximum atomic E-state index is 12.8. The van der Waals surface area contributed by atoms with Gasteiger partial charge >= 0.3 is 0 Å². The predicted molar refractivity (Wildman–Crippen MR) is 88.6 cm³/mol. The monoisotopic (exact) mass is 310 g/mol. The van der Waals surface area contributed by atoms with Crippen LogP contribution in [0.25, 0.3) is 0 Å². The first kappa shape index (κ1) is 15.7. The molecular formula is C19H22N2O2. The molecule has 1 aromatic heterocycles. The minimum absolute atomic E-state index is 0.0661. The molecule has 1 atom stereocenters. The number of aryl methyl sites for hydroxylation is 1. The molecule has 0 N–H and O–H groups in total. The Kier molecular flexibility index (Phi) is 5.03. The van der Waals surface area contributed by atoms with Crippen LogP contribution in [0.15, 0.2) is 48.7 Å². The van der Waals surface area contributed by atoms with E-state index in [0.29, 0.717) is 19.7 Å². The van der Waals surface area contributed by atoms with Crippen molar-refractivity contribution in [2.45, 2.75) is 39.0 Å². The molecule has 0 aliphatic carbocycles. The highest BCUT2D eigenvalue weighted by molar-refractivity contribution is 5.81. The highest BCUT2D eigenvalue weighted by Crippen LogP contribution is 2.19. The van der Waals surface area contributed by atoms with Crippen LogP contribution >= 0.6 is 0 Å². The fraction of sp³-hybridized carbons (Fsp3) is 0.368. The Morgan fingerprint density at radius 2 is 2.04 bits per heavy atom. The number of carbonyl (C=O) groups is 1. The molecule has 0 radical (unpaired) electrons. The predicted octanol–water partition coefficient (Wildman–Crippen LogP) is 3.10. The summed E-state index contributed by atoms with van der Waals surface area (Å²) in [5.41, 5.74) is 3.25. The van der Waals surface area contributed by atoms with E-state index in [1.54, 1.807) is 6.20 Å². The summed E-state index contributed by atoms with van der Waals surface area (Å²) in [6, 6.07) is 14.0. The fourth-order valence-corrected chi connectivity index (χ4v) is 2.87. The number of benzene rings is 1. The summed E-state index contributed by atoms with van der Waals surface area (Å²) in [4.78, 5) is 19.1. The molecule has 0 saturated carbocycles. The Balaban J connectivity index is 1.80. The van der Waals surface area contributed by atoms with Gasteiger partial charge in [-0.05, 0) is 43.0 Å². The lowest BCUT2D eigenvalue weighted by atomic mass is 10.1. The maximum Gasteiger partial charge on any atom is 0.252 e. The first-order chi connectivity index (χ1) is 11.2. The van der Waals surface area contributed by atoms with Crippen molar-refractivity contribution in [3.05, 3.63) is 65.5 Å². The summed E-state index contributed by atoms with van der Waals surface area (Å²) in [5, 5.41) is 0. The number of rotatable bonds is 5. The molecule has 120 valence electrons. The largest absolute Gasteiger partial charge is 0.368 e. The van der Waals surface area contributed by atoms with E-state index in [1.807, 2.05) is 35.2 Å². The van der Waals surface area contributed by atoms with Crippen LogP contribution in [0.4, 0.5) is 0 Å². The lowest BCUT2D eigenvalue weighted by molar-refractivity contribution is -0.142. The van der Waals surface area contributed by atoms with Crippen molar-refractivity contribution in [3.63, 3.8) is 0 Å². The molecular weight excluding hydrogens is 288 g/mol. The molecule has 4 nitrogen and oxygen atoms in total. The Hall–Kier alpha value is -2.20. The number of aromatic nitrogens is 1. The molecule has 1 saturated heterocycles. The minimum Gasteiger partial charge on any atom is -0.368 e. The number of hydrogen-bond donors (Lipinski definition) is 0. The second kappa shape index (κ2) is 7.38. The zero-order chi connectivity index (χ0) is 16.1. The quantitative estimate of drug-likeness (QED) is 0.852. The van der Waals surface area contributed by atoms with E-state index in [1.165, 1.54) is 5.56 Å². The third-order valence-electron chi connectivity index (χ3n) is 4.22. The van der Waals surface area contributed by atoms with Crippen molar-refractivity contribution in [2.75, 3.05) is 6.61 Å². The SMILES string of the molecule is Cc1ccccc1CN(Cc1ccccn1)C(=O)[C@H]1CCCO1. The zero-order valence-electron chi connectivity index (χ0n) is 13.4. The van der Waals surface area contributed by atoms with Crippen molar-refractivity contribution < 1.29 is 9.53 Å². The summed E-state index contributed by atoms with van der Waals surface area (Å²) in [7, 11) is 0. The molecule has 4 heteroatoms. The van der Waals surface area contributed by atoms with E-state index in [-0.39, 0.29) is 12.0 Å². The van der Waals surface area contributed by atoms with Gasteiger partial charge in [0.15, 0.2) is 0 Å². The lowest BCUT2D eigenvalue weighted by Gasteiger charge is -2.26. The van der Waals surface area contributed by atoms with Gasteiger partial charge in [0, 0.05) is 19.3 Å². The molecule has 3 rings (SSSR count). The molecule has 0 spiro atoms. The molecule has 0 bridgehead atoms. The first-order valence-corrected chi connectivity index (χ1v) is 8.09. The van der Waals surface area contributed by atoms with Gasteiger partial charge in [0.25, 0.3) is 5.91 Å². The molecule has 2 aromatic rings. The van der Waals surface area contributed by atoms with Gasteiger partial charge in [-0.1, -0.05) is 30.3 Å². The van der Waals surface area contributed by atoms with Crippen LogP contribution < -0.4 is 0 Å². The van der Waals surface area contributed by atoms with Gasteiger partial charge in [0.05, 0.1) is 12.2 Å². The maximum absolute atomic E-state index is 12.8. The van der Waals surface area contributed by atoms with Gasteiger partial charge in [-0.3, -0.25) is 9.78 Å². The summed E-state index contributed by atoms with van der Waals surface area (Å²) in [6.45, 7) is 3.85. The molecule has 1 aliphatic heterocycles. The first-order valence-electron chi connectivity index (χ1n) is 8.09. The molecule has 0 unspecified atom stereocenters. The van der Waals surface area contributed by atoms with E-state index in [9.17, 15) is 4.79 Å². The number of hydrogen-bond acceptors (Lipinski definition) is 3. The van der Waals surface area contributed by atoms with Gasteiger partial charge in [-0.25, -0.2) is 0 Å². The average molecular weight is 310 g/mol. The smallest absolute Gasteiger partial charge is 0.252 e. The van der Waals surface area contributed by atoms with Crippen LogP contribution in [0.2, 0.25) is 0 Å². The van der Waals surface area contributed by atoms with Crippen molar-refractivity contribution in [2.24, 2.45) is 0 Å². The van der Waals surface area contributed by atoms with Gasteiger partial charge in [0.2, 0.25) is 0 Å². The highest BCUT2D eigenvalue weighted by Gasteiger charge is 2.28. The molecule has 1 fully saturated rings.